The van der Waals surface area contributed by atoms with E-state index in [1.807, 2.05) is 10.9 Å². The van der Waals surface area contributed by atoms with Gasteiger partial charge in [-0.25, -0.2) is 0 Å². The topological polar surface area (TPSA) is 47.1 Å². The van der Waals surface area contributed by atoms with Crippen LogP contribution < -0.4 is 5.73 Å². The Kier molecular flexibility index (Phi) is 3.76. The minimum absolute atomic E-state index is 0.659. The van der Waals surface area contributed by atoms with Gasteiger partial charge in [-0.15, -0.1) is 0 Å². The first-order chi connectivity index (χ1) is 7.66. The summed E-state index contributed by atoms with van der Waals surface area (Å²) in [6.45, 7) is 7.81. The number of aromatic nitrogens is 2. The third-order valence-corrected chi connectivity index (χ3v) is 4.62. The summed E-state index contributed by atoms with van der Waals surface area (Å²) in [4.78, 5) is 2.54. The molecular weight excluding hydrogens is 220 g/mol. The van der Waals surface area contributed by atoms with Gasteiger partial charge in [-0.2, -0.15) is 16.9 Å². The average molecular weight is 240 g/mol. The molecule has 16 heavy (non-hydrogen) atoms. The van der Waals surface area contributed by atoms with Crippen molar-refractivity contribution in [3.63, 3.8) is 0 Å². The predicted molar refractivity (Wildman–Crippen MR) is 69.6 cm³/mol. The van der Waals surface area contributed by atoms with E-state index in [0.717, 1.165) is 24.0 Å². The molecule has 0 saturated carbocycles. The van der Waals surface area contributed by atoms with E-state index in [0.29, 0.717) is 6.04 Å². The number of thioether (sulfide) groups is 1. The molecule has 0 radical (unpaired) electrons. The summed E-state index contributed by atoms with van der Waals surface area (Å²) < 4.78 is 1.93. The summed E-state index contributed by atoms with van der Waals surface area (Å²) in [5, 5.41) is 4.94. The van der Waals surface area contributed by atoms with Crippen molar-refractivity contribution in [3.8, 4) is 0 Å². The highest BCUT2D eigenvalue weighted by Crippen LogP contribution is 2.23. The van der Waals surface area contributed by atoms with E-state index >= 15 is 0 Å². The van der Waals surface area contributed by atoms with E-state index in [4.69, 9.17) is 5.73 Å². The largest absolute Gasteiger partial charge is 0.396 e. The Labute approximate surface area is 101 Å². The second kappa shape index (κ2) is 5.10. The zero-order valence-corrected chi connectivity index (χ0v) is 10.8. The summed E-state index contributed by atoms with van der Waals surface area (Å²) in [5.41, 5.74) is 6.38. The van der Waals surface area contributed by atoms with E-state index < -0.39 is 0 Å². The van der Waals surface area contributed by atoms with E-state index in [-0.39, 0.29) is 0 Å². The van der Waals surface area contributed by atoms with Gasteiger partial charge in [0.2, 0.25) is 0 Å². The van der Waals surface area contributed by atoms with Gasteiger partial charge in [-0.3, -0.25) is 9.58 Å². The van der Waals surface area contributed by atoms with Crippen LogP contribution in [-0.2, 0) is 6.54 Å². The third kappa shape index (κ3) is 2.71. The number of anilines is 1. The second-order valence-corrected chi connectivity index (χ2v) is 5.87. The van der Waals surface area contributed by atoms with Gasteiger partial charge in [0.15, 0.2) is 0 Å². The number of nitrogen functional groups attached to an aromatic ring is 1. The molecule has 1 aromatic rings. The van der Waals surface area contributed by atoms with Crippen LogP contribution in [0.25, 0.3) is 0 Å². The minimum atomic E-state index is 0.659. The number of hydrogen-bond acceptors (Lipinski definition) is 4. The molecule has 90 valence electrons. The van der Waals surface area contributed by atoms with Gasteiger partial charge in [-0.05, 0) is 6.92 Å². The van der Waals surface area contributed by atoms with Gasteiger partial charge < -0.3 is 5.73 Å². The van der Waals surface area contributed by atoms with Crippen molar-refractivity contribution in [1.82, 2.24) is 14.7 Å². The van der Waals surface area contributed by atoms with Crippen LogP contribution in [0.1, 0.15) is 13.8 Å². The SMILES string of the molecule is CC1SCCN(CCn2cc(N)cn2)C1C. The molecule has 0 aliphatic carbocycles. The summed E-state index contributed by atoms with van der Waals surface area (Å²) in [7, 11) is 0. The zero-order chi connectivity index (χ0) is 11.5. The van der Waals surface area contributed by atoms with E-state index in [9.17, 15) is 0 Å². The highest BCUT2D eigenvalue weighted by atomic mass is 32.2. The highest BCUT2D eigenvalue weighted by molar-refractivity contribution is 8.00. The van der Waals surface area contributed by atoms with Crippen molar-refractivity contribution in [2.75, 3.05) is 24.6 Å². The zero-order valence-electron chi connectivity index (χ0n) is 9.97. The Morgan fingerprint density at radius 3 is 3.00 bits per heavy atom. The van der Waals surface area contributed by atoms with Crippen molar-refractivity contribution in [3.05, 3.63) is 12.4 Å². The monoisotopic (exact) mass is 240 g/mol. The Morgan fingerprint density at radius 1 is 1.50 bits per heavy atom. The van der Waals surface area contributed by atoms with Crippen molar-refractivity contribution >= 4 is 17.4 Å². The molecular formula is C11H20N4S. The van der Waals surface area contributed by atoms with Gasteiger partial charge in [0.1, 0.15) is 0 Å². The van der Waals surface area contributed by atoms with Crippen LogP contribution in [0.2, 0.25) is 0 Å². The molecule has 0 bridgehead atoms. The molecule has 1 saturated heterocycles. The van der Waals surface area contributed by atoms with E-state index in [1.165, 1.54) is 12.3 Å². The molecule has 0 aromatic carbocycles. The smallest absolute Gasteiger partial charge is 0.0719 e. The Balaban J connectivity index is 1.85. The van der Waals surface area contributed by atoms with E-state index in [2.05, 4.69) is 35.6 Å². The summed E-state index contributed by atoms with van der Waals surface area (Å²) in [6.07, 6.45) is 3.60. The van der Waals surface area contributed by atoms with Crippen LogP contribution in [0, 0.1) is 0 Å². The van der Waals surface area contributed by atoms with E-state index in [1.54, 1.807) is 6.20 Å². The van der Waals surface area contributed by atoms with Crippen molar-refractivity contribution in [1.29, 1.82) is 0 Å². The van der Waals surface area contributed by atoms with Crippen LogP contribution >= 0.6 is 11.8 Å². The minimum Gasteiger partial charge on any atom is -0.396 e. The number of hydrogen-bond donors (Lipinski definition) is 1. The lowest BCUT2D eigenvalue weighted by Crippen LogP contribution is -2.45. The lowest BCUT2D eigenvalue weighted by atomic mass is 10.2. The molecule has 2 heterocycles. The van der Waals surface area contributed by atoms with Crippen LogP contribution in [0.15, 0.2) is 12.4 Å². The highest BCUT2D eigenvalue weighted by Gasteiger charge is 2.24. The first kappa shape index (κ1) is 11.8. The molecule has 1 aliphatic heterocycles. The maximum absolute atomic E-state index is 5.64. The van der Waals surface area contributed by atoms with Gasteiger partial charge in [0.25, 0.3) is 0 Å². The number of rotatable bonds is 3. The molecule has 2 unspecified atom stereocenters. The molecule has 2 N–H and O–H groups in total. The maximum Gasteiger partial charge on any atom is 0.0719 e. The predicted octanol–water partition coefficient (Wildman–Crippen LogP) is 1.29. The fourth-order valence-electron chi connectivity index (χ4n) is 2.04. The second-order valence-electron chi connectivity index (χ2n) is 4.39. The lowest BCUT2D eigenvalue weighted by Gasteiger charge is -2.37. The van der Waals surface area contributed by atoms with Gasteiger partial charge >= 0.3 is 0 Å². The maximum atomic E-state index is 5.64. The Hall–Kier alpha value is -0.680. The molecule has 0 spiro atoms. The van der Waals surface area contributed by atoms with Crippen molar-refractivity contribution in [2.45, 2.75) is 31.7 Å². The lowest BCUT2D eigenvalue weighted by molar-refractivity contribution is 0.202. The van der Waals surface area contributed by atoms with Crippen molar-refractivity contribution < 1.29 is 0 Å². The standard InChI is InChI=1S/C11H20N4S/c1-9-10(2)16-6-5-14(9)3-4-15-8-11(12)7-13-15/h7-10H,3-6,12H2,1-2H3. The van der Waals surface area contributed by atoms with Crippen molar-refractivity contribution in [2.24, 2.45) is 0 Å². The van der Waals surface area contributed by atoms with Gasteiger partial charge in [0.05, 0.1) is 18.4 Å². The molecule has 1 aliphatic rings. The average Bonchev–Trinajstić information content (AvgIpc) is 2.67. The molecule has 0 amide bonds. The molecule has 2 atom stereocenters. The molecule has 2 rings (SSSR count). The molecule has 5 heteroatoms. The molecule has 4 nitrogen and oxygen atoms in total. The first-order valence-corrected chi connectivity index (χ1v) is 6.85. The normalized spacial score (nSPS) is 27.1. The summed E-state index contributed by atoms with van der Waals surface area (Å²) in [5.74, 6) is 1.24. The molecule has 1 aromatic heterocycles. The quantitative estimate of drug-likeness (QED) is 0.865. The van der Waals surface area contributed by atoms with Crippen LogP contribution in [0.4, 0.5) is 5.69 Å². The number of nitrogens with two attached hydrogens (primary N) is 1. The van der Waals surface area contributed by atoms with Gasteiger partial charge in [-0.1, -0.05) is 6.92 Å². The summed E-state index contributed by atoms with van der Waals surface area (Å²) in [6, 6.07) is 0.659. The summed E-state index contributed by atoms with van der Waals surface area (Å²) >= 11 is 2.07. The first-order valence-electron chi connectivity index (χ1n) is 5.80. The molecule has 1 fully saturated rings. The van der Waals surface area contributed by atoms with Gasteiger partial charge in [0, 0.05) is 36.3 Å². The fourth-order valence-corrected chi connectivity index (χ4v) is 3.21. The number of nitrogens with zero attached hydrogens (tertiary/aromatic N) is 3. The van der Waals surface area contributed by atoms with Crippen LogP contribution in [0.3, 0.4) is 0 Å². The van der Waals surface area contributed by atoms with Crippen LogP contribution in [-0.4, -0.2) is 44.8 Å². The Bertz CT molecular complexity index is 338. The Morgan fingerprint density at radius 2 is 2.31 bits per heavy atom. The third-order valence-electron chi connectivity index (χ3n) is 3.28. The van der Waals surface area contributed by atoms with Crippen LogP contribution in [0.5, 0.6) is 0 Å². The fraction of sp³-hybridized carbons (Fsp3) is 0.727.